The van der Waals surface area contributed by atoms with Crippen molar-refractivity contribution < 1.29 is 4.79 Å². The van der Waals surface area contributed by atoms with Crippen molar-refractivity contribution in [1.82, 2.24) is 14.9 Å². The minimum atomic E-state index is 0.0318. The number of hydrogen-bond donors (Lipinski definition) is 0. The summed E-state index contributed by atoms with van der Waals surface area (Å²) in [6.45, 7) is 8.18. The fourth-order valence-electron chi connectivity index (χ4n) is 3.46. The number of rotatable bonds is 5. The molecule has 0 saturated heterocycles. The first-order valence-corrected chi connectivity index (χ1v) is 9.29. The first kappa shape index (κ1) is 18.8. The van der Waals surface area contributed by atoms with Gasteiger partial charge in [0, 0.05) is 35.6 Å². The fraction of sp³-hybridized carbons (Fsp3) is 0.261. The Morgan fingerprint density at radius 1 is 0.889 bits per heavy atom. The molecule has 0 radical (unpaired) electrons. The Balaban J connectivity index is 2.15. The van der Waals surface area contributed by atoms with E-state index in [1.165, 1.54) is 0 Å². The van der Waals surface area contributed by atoms with Crippen LogP contribution in [0.2, 0.25) is 0 Å². The topological polar surface area (TPSA) is 46.1 Å². The van der Waals surface area contributed by atoms with Gasteiger partial charge in [0.1, 0.15) is 0 Å². The molecule has 0 aliphatic heterocycles. The third-order valence-electron chi connectivity index (χ3n) is 4.50. The Bertz CT molecular complexity index is 844. The van der Waals surface area contributed by atoms with Gasteiger partial charge in [-0.15, -0.1) is 0 Å². The maximum absolute atomic E-state index is 13.3. The molecule has 1 aliphatic rings. The van der Waals surface area contributed by atoms with Gasteiger partial charge in [0.15, 0.2) is 0 Å². The van der Waals surface area contributed by atoms with E-state index in [0.717, 1.165) is 22.5 Å². The number of pyridine rings is 2. The standard InChI is InChI=1S/C23H25N3O/c1-16(2)26(17(3)4)23(27)19-11-9-10-18(19)22(20-12-5-7-14-24-20)21-13-6-8-15-25-21/h5-17H,1-4H3. The zero-order chi connectivity index (χ0) is 19.4. The van der Waals surface area contributed by atoms with E-state index in [9.17, 15) is 4.79 Å². The van der Waals surface area contributed by atoms with E-state index < -0.39 is 0 Å². The molecule has 138 valence electrons. The molecule has 1 amide bonds. The molecule has 0 bridgehead atoms. The third kappa shape index (κ3) is 3.90. The number of hydrogen-bond acceptors (Lipinski definition) is 3. The predicted molar refractivity (Wildman–Crippen MR) is 109 cm³/mol. The van der Waals surface area contributed by atoms with Gasteiger partial charge in [0.2, 0.25) is 0 Å². The largest absolute Gasteiger partial charge is 0.334 e. The first-order valence-electron chi connectivity index (χ1n) is 9.29. The summed E-state index contributed by atoms with van der Waals surface area (Å²) in [6, 6.07) is 11.8. The van der Waals surface area contributed by atoms with E-state index in [2.05, 4.69) is 9.97 Å². The summed E-state index contributed by atoms with van der Waals surface area (Å²) in [5.41, 5.74) is 4.03. The highest BCUT2D eigenvalue weighted by atomic mass is 16.2. The Labute approximate surface area is 161 Å². The van der Waals surface area contributed by atoms with Gasteiger partial charge in [-0.25, -0.2) is 0 Å². The lowest BCUT2D eigenvalue weighted by Crippen LogP contribution is -2.42. The van der Waals surface area contributed by atoms with Crippen molar-refractivity contribution in [3.63, 3.8) is 0 Å². The second-order valence-corrected chi connectivity index (χ2v) is 7.06. The van der Waals surface area contributed by atoms with Gasteiger partial charge < -0.3 is 4.90 Å². The fourth-order valence-corrected chi connectivity index (χ4v) is 3.46. The molecule has 2 aromatic rings. The summed E-state index contributed by atoms with van der Waals surface area (Å²) in [5.74, 6) is 0.0318. The number of aromatic nitrogens is 2. The lowest BCUT2D eigenvalue weighted by Gasteiger charge is -2.31. The van der Waals surface area contributed by atoms with Crippen LogP contribution in [-0.2, 0) is 4.79 Å². The van der Waals surface area contributed by atoms with Gasteiger partial charge >= 0.3 is 0 Å². The summed E-state index contributed by atoms with van der Waals surface area (Å²) in [5, 5.41) is 0. The number of carbonyl (C=O) groups is 1. The second kappa shape index (κ2) is 8.12. The van der Waals surface area contributed by atoms with Crippen LogP contribution in [0.1, 0.15) is 39.1 Å². The summed E-state index contributed by atoms with van der Waals surface area (Å²) < 4.78 is 0. The molecule has 27 heavy (non-hydrogen) atoms. The van der Waals surface area contributed by atoms with E-state index in [1.807, 2.05) is 87.2 Å². The average molecular weight is 359 g/mol. The predicted octanol–water partition coefficient (Wildman–Crippen LogP) is 4.42. The van der Waals surface area contributed by atoms with Crippen molar-refractivity contribution in [2.24, 2.45) is 0 Å². The molecular formula is C23H25N3O. The molecule has 0 N–H and O–H groups in total. The quantitative estimate of drug-likeness (QED) is 0.794. The number of nitrogens with zero attached hydrogens (tertiary/aromatic N) is 3. The zero-order valence-corrected chi connectivity index (χ0v) is 16.3. The molecule has 0 unspecified atom stereocenters. The molecule has 0 spiro atoms. The summed E-state index contributed by atoms with van der Waals surface area (Å²) in [7, 11) is 0. The van der Waals surface area contributed by atoms with Crippen molar-refractivity contribution in [2.45, 2.75) is 39.8 Å². The van der Waals surface area contributed by atoms with Crippen molar-refractivity contribution in [3.8, 4) is 0 Å². The maximum Gasteiger partial charge on any atom is 0.254 e. The number of allylic oxidation sites excluding steroid dienone is 3. The van der Waals surface area contributed by atoms with Gasteiger partial charge in [-0.2, -0.15) is 0 Å². The van der Waals surface area contributed by atoms with Gasteiger partial charge in [0.05, 0.1) is 11.4 Å². The zero-order valence-electron chi connectivity index (χ0n) is 16.3. The number of amides is 1. The van der Waals surface area contributed by atoms with Crippen LogP contribution >= 0.6 is 0 Å². The van der Waals surface area contributed by atoms with Crippen molar-refractivity contribution in [2.75, 3.05) is 0 Å². The third-order valence-corrected chi connectivity index (χ3v) is 4.50. The van der Waals surface area contributed by atoms with Crippen LogP contribution < -0.4 is 0 Å². The molecule has 0 aromatic carbocycles. The lowest BCUT2D eigenvalue weighted by atomic mass is 9.95. The maximum atomic E-state index is 13.3. The Kier molecular flexibility index (Phi) is 5.65. The van der Waals surface area contributed by atoms with Crippen LogP contribution in [0.25, 0.3) is 5.57 Å². The SMILES string of the molecule is CC(C)N(C(=O)C1=CC=CC1=C(c1ccccn1)c1ccccn1)C(C)C. The molecule has 0 fully saturated rings. The van der Waals surface area contributed by atoms with Gasteiger partial charge in [0.25, 0.3) is 5.91 Å². The normalized spacial score (nSPS) is 13.3. The molecule has 4 nitrogen and oxygen atoms in total. The van der Waals surface area contributed by atoms with Crippen LogP contribution in [0, 0.1) is 0 Å². The number of carbonyl (C=O) groups excluding carboxylic acids is 1. The van der Waals surface area contributed by atoms with E-state index in [-0.39, 0.29) is 18.0 Å². The molecule has 1 aliphatic carbocycles. The summed E-state index contributed by atoms with van der Waals surface area (Å²) in [6.07, 6.45) is 9.31. The molecule has 2 heterocycles. The molecule has 2 aromatic heterocycles. The van der Waals surface area contributed by atoms with Crippen LogP contribution in [0.4, 0.5) is 0 Å². The average Bonchev–Trinajstić information content (AvgIpc) is 3.12. The molecule has 4 heteroatoms. The molecule has 3 rings (SSSR count). The van der Waals surface area contributed by atoms with Crippen molar-refractivity contribution >= 4 is 11.5 Å². The van der Waals surface area contributed by atoms with E-state index in [1.54, 1.807) is 12.4 Å². The first-order chi connectivity index (χ1) is 13.0. The van der Waals surface area contributed by atoms with E-state index in [0.29, 0.717) is 5.57 Å². The van der Waals surface area contributed by atoms with Crippen LogP contribution in [-0.4, -0.2) is 32.9 Å². The lowest BCUT2D eigenvalue weighted by molar-refractivity contribution is -0.130. The Hall–Kier alpha value is -3.01. The van der Waals surface area contributed by atoms with Crippen molar-refractivity contribution in [1.29, 1.82) is 0 Å². The molecule has 0 atom stereocenters. The second-order valence-electron chi connectivity index (χ2n) is 7.06. The highest BCUT2D eigenvalue weighted by Gasteiger charge is 2.28. The van der Waals surface area contributed by atoms with Crippen LogP contribution in [0.15, 0.2) is 78.2 Å². The monoisotopic (exact) mass is 359 g/mol. The Morgan fingerprint density at radius 3 is 1.89 bits per heavy atom. The summed E-state index contributed by atoms with van der Waals surface area (Å²) >= 11 is 0. The van der Waals surface area contributed by atoms with E-state index in [4.69, 9.17) is 0 Å². The Morgan fingerprint density at radius 2 is 1.44 bits per heavy atom. The smallest absolute Gasteiger partial charge is 0.254 e. The van der Waals surface area contributed by atoms with Gasteiger partial charge in [-0.1, -0.05) is 24.3 Å². The summed E-state index contributed by atoms with van der Waals surface area (Å²) in [4.78, 5) is 24.3. The van der Waals surface area contributed by atoms with Crippen molar-refractivity contribution in [3.05, 3.63) is 89.6 Å². The highest BCUT2D eigenvalue weighted by Crippen LogP contribution is 2.33. The van der Waals surface area contributed by atoms with Crippen LogP contribution in [0.3, 0.4) is 0 Å². The molecular weight excluding hydrogens is 334 g/mol. The van der Waals surface area contributed by atoms with Gasteiger partial charge in [-0.3, -0.25) is 14.8 Å². The van der Waals surface area contributed by atoms with Gasteiger partial charge in [-0.05, 0) is 63.6 Å². The minimum absolute atomic E-state index is 0.0318. The van der Waals surface area contributed by atoms with Crippen LogP contribution in [0.5, 0.6) is 0 Å². The minimum Gasteiger partial charge on any atom is -0.334 e. The molecule has 0 saturated carbocycles. The van der Waals surface area contributed by atoms with E-state index >= 15 is 0 Å². The highest BCUT2D eigenvalue weighted by molar-refractivity contribution is 6.04.